The summed E-state index contributed by atoms with van der Waals surface area (Å²) in [5.74, 6) is -13.5. The first-order valence-corrected chi connectivity index (χ1v) is 45.0. The molecule has 16 N–H and O–H groups in total. The number of hydrogen-bond donors (Lipinski definition) is 16. The number of H-pyrrole nitrogens is 4. The van der Waals surface area contributed by atoms with Crippen molar-refractivity contribution in [2.24, 2.45) is 0 Å². The van der Waals surface area contributed by atoms with Gasteiger partial charge in [-0.15, -0.1) is 0 Å². The molecule has 0 spiro atoms. The normalized spacial score (nSPS) is 33.1. The SMILES string of the molecule is COc1cccc2c1OP(=O)(OC[C@@]1(F)O[C@@H](n3cc(CO)c(=O)[nH]c3=S)[C@H](O)[C@@H]1O)OC2.[2H]C([2H])(OP1(=O)OCc2cccc(OC)c2O1)[C@@]1(F)O[C@@H](n2cc(CO)c(=O)[nH]c2=S)[C@H](O)[C@@H]1O.[2H]C([2H])(OP1(=O)OCc2cccc(OC)c2O1)[C@@]1(F)O[C@@]([2H])(n2cc(CO)c(=O)[nH]c2=S)[C@H](O)[C@@H]1O.[2H][C@@]1(n2cc(CO)c(=O)[nH]c2=S)O[C@](F)(COP2(=O)OCc3cccc(OC)c3O2)[C@@H](O)[C@H]1O. The molecule has 48 nitrogen and oxygen atoms in total. The van der Waals surface area contributed by atoms with Gasteiger partial charge >= 0.3 is 31.3 Å². The first kappa shape index (κ1) is 92.4. The number of aromatic amines is 4. The molecular weight excluding hydrogens is 1940 g/mol. The van der Waals surface area contributed by atoms with E-state index in [0.29, 0.717) is 31.4 Å². The topological polar surface area (TPSA) is 647 Å². The average Bonchev–Trinajstić information content (AvgIpc) is 1.55. The second-order valence-electron chi connectivity index (χ2n) is 28.2. The van der Waals surface area contributed by atoms with Crippen LogP contribution in [0.4, 0.5) is 17.6 Å². The van der Waals surface area contributed by atoms with Crippen LogP contribution in [0.15, 0.2) is 117 Å². The Morgan fingerprint density at radius 3 is 0.939 bits per heavy atom. The zero-order chi connectivity index (χ0) is 101. The summed E-state index contributed by atoms with van der Waals surface area (Å²) >= 11 is 19.8. The Kier molecular flexibility index (Phi) is 28.2. The maximum atomic E-state index is 16.0. The standard InChI is InChI=1S/4C18H20FN2O10PS/c4*1-27-11-4-2-3-9-7-28-32(26,31-13(9)11)29-8-18(19)14(24)12(23)16(30-18)21-5-10(6-22)15(25)20-17(21)33/h4*2-5,12,14,16,22-24H,6-8H2,1H3,(H,20,25,33)/t4*12-,14+,16-,18-,32?/m1111/s1/i8D2,16D;16D;8D2;. The Morgan fingerprint density at radius 1 is 0.394 bits per heavy atom. The molecule has 8 aromatic rings. The van der Waals surface area contributed by atoms with Crippen molar-refractivity contribution in [3.63, 3.8) is 0 Å². The summed E-state index contributed by atoms with van der Waals surface area (Å²) in [5, 5.41) is 120. The predicted octanol–water partition coefficient (Wildman–Crippen LogP) is 4.23. The van der Waals surface area contributed by atoms with Crippen molar-refractivity contribution < 1.29 is 198 Å². The van der Waals surface area contributed by atoms with Crippen LogP contribution in [0.3, 0.4) is 0 Å². The zero-order valence-corrected chi connectivity index (χ0v) is 74.4. The highest BCUT2D eigenvalue weighted by atomic mass is 32.1. The number of benzene rings is 4. The minimum absolute atomic E-state index is 0.0614. The molecule has 16 rings (SSSR count). The number of phosphoric acid groups is 4. The van der Waals surface area contributed by atoms with Crippen LogP contribution >= 0.6 is 80.2 Å². The van der Waals surface area contributed by atoms with Crippen molar-refractivity contribution in [2.75, 3.05) is 54.8 Å². The second kappa shape index (κ2) is 40.3. The Morgan fingerprint density at radius 2 is 0.636 bits per heavy atom. The number of aliphatic hydroxyl groups excluding tert-OH is 12. The fourth-order valence-electron chi connectivity index (χ4n) is 12.9. The molecule has 4 aromatic heterocycles. The van der Waals surface area contributed by atoms with Crippen LogP contribution in [-0.2, 0) is 126 Å². The predicted molar refractivity (Wildman–Crippen MR) is 439 cm³/mol. The van der Waals surface area contributed by atoms with Gasteiger partial charge in [0.1, 0.15) is 75.2 Å². The molecule has 4 aromatic carbocycles. The maximum absolute atomic E-state index is 16.0. The summed E-state index contributed by atoms with van der Waals surface area (Å²) in [5.41, 5.74) is -2.27. The third-order valence-corrected chi connectivity index (χ3v) is 26.0. The summed E-state index contributed by atoms with van der Waals surface area (Å²) in [4.78, 5) is 55.8. The summed E-state index contributed by atoms with van der Waals surface area (Å²) in [6.45, 7) is -14.2. The molecule has 4 unspecified atom stereocenters. The monoisotopic (exact) mass is 2030 g/mol. The first-order chi connectivity index (χ1) is 64.6. The molecule has 132 heavy (non-hydrogen) atoms. The highest BCUT2D eigenvalue weighted by Gasteiger charge is 2.62. The Hall–Kier alpha value is -8.64. The van der Waals surface area contributed by atoms with Gasteiger partial charge in [-0.25, -0.2) is 35.8 Å². The van der Waals surface area contributed by atoms with Crippen LogP contribution in [-0.4, -0.2) is 227 Å². The van der Waals surface area contributed by atoms with Gasteiger partial charge in [-0.2, -0.15) is 0 Å². The lowest BCUT2D eigenvalue weighted by Gasteiger charge is -2.29. The van der Waals surface area contributed by atoms with Gasteiger partial charge in [-0.3, -0.25) is 93.6 Å². The van der Waals surface area contributed by atoms with E-state index in [0.717, 1.165) is 33.9 Å². The number of fused-ring (bicyclic) bond motifs is 4. The molecular formula is C72H80F4N8O40P4S4. The van der Waals surface area contributed by atoms with Gasteiger partial charge in [0.2, 0.25) is 0 Å². The Labute approximate surface area is 765 Å². The van der Waals surface area contributed by atoms with E-state index in [9.17, 15) is 98.7 Å². The van der Waals surface area contributed by atoms with Crippen LogP contribution in [0.5, 0.6) is 46.0 Å². The number of aliphatic hydroxyl groups is 12. The number of phosphoric ester groups is 4. The number of methoxy groups -OCH3 is 4. The molecule has 12 heterocycles. The molecule has 4 fully saturated rings. The lowest BCUT2D eigenvalue weighted by atomic mass is 10.1. The fraction of sp³-hybridized carbons (Fsp3) is 0.444. The molecule has 0 radical (unpaired) electrons. The van der Waals surface area contributed by atoms with Crippen molar-refractivity contribution in [1.82, 2.24) is 38.2 Å². The van der Waals surface area contributed by atoms with Gasteiger partial charge in [0.25, 0.3) is 45.7 Å². The number of nitrogens with one attached hydrogen (secondary N) is 4. The number of aromatic nitrogens is 8. The quantitative estimate of drug-likeness (QED) is 0.0229. The molecule has 0 amide bonds. The molecule has 0 bridgehead atoms. The number of rotatable bonds is 24. The van der Waals surface area contributed by atoms with Crippen LogP contribution in [0.1, 0.15) is 77.6 Å². The largest absolute Gasteiger partial charge is 0.530 e. The van der Waals surface area contributed by atoms with Crippen molar-refractivity contribution in [1.29, 1.82) is 0 Å². The maximum Gasteiger partial charge on any atom is 0.530 e. The van der Waals surface area contributed by atoms with Gasteiger partial charge < -0.3 is 117 Å². The minimum atomic E-state index is -4.93. The van der Waals surface area contributed by atoms with Gasteiger partial charge in [0.05, 0.1) is 112 Å². The average molecular weight is 2030 g/mol. The van der Waals surface area contributed by atoms with Gasteiger partial charge in [0.15, 0.2) is 89.9 Å². The molecule has 8 aliphatic heterocycles. The lowest BCUT2D eigenvalue weighted by molar-refractivity contribution is -0.205. The van der Waals surface area contributed by atoms with E-state index in [-0.39, 0.29) is 97.6 Å². The van der Waals surface area contributed by atoms with Gasteiger partial charge in [-0.1, -0.05) is 48.5 Å². The van der Waals surface area contributed by atoms with Gasteiger partial charge in [0, 0.05) is 47.0 Å². The van der Waals surface area contributed by atoms with Crippen LogP contribution in [0.2, 0.25) is 0 Å². The first-order valence-electron chi connectivity index (χ1n) is 40.5. The summed E-state index contributed by atoms with van der Waals surface area (Å²) < 4.78 is 267. The fourth-order valence-corrected chi connectivity index (χ4v) is 18.5. The summed E-state index contributed by atoms with van der Waals surface area (Å²) in [6.07, 6.45) is -24.4. The number of para-hydroxylation sites is 4. The van der Waals surface area contributed by atoms with Crippen molar-refractivity contribution in [3.05, 3.63) is 203 Å². The highest BCUT2D eigenvalue weighted by Crippen LogP contribution is 2.62. The molecule has 0 aliphatic carbocycles. The summed E-state index contributed by atoms with van der Waals surface area (Å²) in [6, 6.07) is 18.9. The number of alkyl halides is 4. The molecule has 0 saturated carbocycles. The Bertz CT molecular complexity index is 6670. The third-order valence-electron chi connectivity index (χ3n) is 19.8. The van der Waals surface area contributed by atoms with Crippen molar-refractivity contribution in [3.8, 4) is 46.0 Å². The molecule has 20 atom stereocenters. The lowest BCUT2D eigenvalue weighted by Crippen LogP contribution is -2.43. The van der Waals surface area contributed by atoms with E-state index < -0.39 is 220 Å². The number of ether oxygens (including phenoxy) is 8. The van der Waals surface area contributed by atoms with Crippen molar-refractivity contribution >= 4 is 80.2 Å². The number of nitrogens with zero attached hydrogens (tertiary/aromatic N) is 4. The summed E-state index contributed by atoms with van der Waals surface area (Å²) in [7, 11) is -13.2. The smallest absolute Gasteiger partial charge is 0.493 e. The van der Waals surface area contributed by atoms with E-state index in [2.05, 4.69) is 19.9 Å². The van der Waals surface area contributed by atoms with E-state index in [1.54, 1.807) is 48.5 Å². The third kappa shape index (κ3) is 20.7. The highest BCUT2D eigenvalue weighted by molar-refractivity contribution is 7.71. The number of hydrogen-bond acceptors (Lipinski definition) is 44. The number of halogens is 4. The van der Waals surface area contributed by atoms with E-state index >= 15 is 17.6 Å². The Balaban J connectivity index is 0.000000155. The molecule has 4 saturated heterocycles. The molecule has 60 heteroatoms. The minimum Gasteiger partial charge on any atom is -0.493 e. The van der Waals surface area contributed by atoms with E-state index in [4.69, 9.17) is 149 Å². The van der Waals surface area contributed by atoms with Crippen LogP contribution in [0, 0.1) is 19.1 Å². The second-order valence-corrected chi connectivity index (χ2v) is 36.0. The molecule has 720 valence electrons. The van der Waals surface area contributed by atoms with Crippen LogP contribution in [0.25, 0.3) is 0 Å². The van der Waals surface area contributed by atoms with E-state index in [1.807, 2.05) is 0 Å². The van der Waals surface area contributed by atoms with Crippen LogP contribution < -0.4 is 59.3 Å². The zero-order valence-electron chi connectivity index (χ0n) is 73.6. The van der Waals surface area contributed by atoms with E-state index in [1.165, 1.54) is 52.7 Å². The van der Waals surface area contributed by atoms with Gasteiger partial charge in [-0.05, 0) is 73.1 Å². The molecule has 8 aliphatic rings. The van der Waals surface area contributed by atoms with Crippen molar-refractivity contribution in [2.45, 2.75) is 150 Å².